The van der Waals surface area contributed by atoms with Crippen LogP contribution in [0.15, 0.2) is 42.6 Å². The molecule has 1 atom stereocenters. The Kier molecular flexibility index (Phi) is 4.01. The second kappa shape index (κ2) is 5.56. The van der Waals surface area contributed by atoms with Gasteiger partial charge >= 0.3 is 6.18 Å². The van der Waals surface area contributed by atoms with E-state index in [1.165, 1.54) is 24.3 Å². The van der Waals surface area contributed by atoms with Crippen molar-refractivity contribution in [3.05, 3.63) is 65.2 Å². The number of nitrogens with two attached hydrogens (primary N) is 1. The fourth-order valence-electron chi connectivity index (χ4n) is 1.78. The number of nitrogens with zero attached hydrogens (tertiary/aromatic N) is 1. The van der Waals surface area contributed by atoms with Gasteiger partial charge in [0.05, 0.1) is 17.3 Å². The second-order valence-electron chi connectivity index (χ2n) is 4.12. The van der Waals surface area contributed by atoms with Crippen LogP contribution < -0.4 is 11.3 Å². The van der Waals surface area contributed by atoms with Crippen LogP contribution in [-0.4, -0.2) is 4.98 Å². The van der Waals surface area contributed by atoms with Crippen molar-refractivity contribution in [2.24, 2.45) is 5.84 Å². The normalized spacial score (nSPS) is 13.2. The molecule has 0 saturated heterocycles. The topological polar surface area (TPSA) is 50.9 Å². The Bertz CT molecular complexity index is 581. The number of nitrogens with one attached hydrogen (secondary N) is 1. The summed E-state index contributed by atoms with van der Waals surface area (Å²) in [5, 5.41) is 0. The van der Waals surface area contributed by atoms with Gasteiger partial charge in [0.1, 0.15) is 5.82 Å². The maximum Gasteiger partial charge on any atom is 0.417 e. The number of hydrogen-bond donors (Lipinski definition) is 2. The van der Waals surface area contributed by atoms with Gasteiger partial charge in [-0.05, 0) is 29.8 Å². The fraction of sp³-hybridized carbons (Fsp3) is 0.154. The summed E-state index contributed by atoms with van der Waals surface area (Å²) in [6, 6.07) is 7.02. The summed E-state index contributed by atoms with van der Waals surface area (Å²) < 4.78 is 50.5. The first-order valence-electron chi connectivity index (χ1n) is 5.66. The summed E-state index contributed by atoms with van der Waals surface area (Å²) in [6.45, 7) is 0. The van der Waals surface area contributed by atoms with Gasteiger partial charge in [-0.15, -0.1) is 0 Å². The number of aromatic nitrogens is 1. The highest BCUT2D eigenvalue weighted by atomic mass is 19.4. The SMILES string of the molecule is NNC(c1cccc(F)c1)c1ccc(C(F)(F)F)cn1. The second-order valence-corrected chi connectivity index (χ2v) is 4.12. The van der Waals surface area contributed by atoms with E-state index >= 15 is 0 Å². The van der Waals surface area contributed by atoms with Gasteiger partial charge in [0.25, 0.3) is 0 Å². The van der Waals surface area contributed by atoms with Crippen molar-refractivity contribution in [2.75, 3.05) is 0 Å². The van der Waals surface area contributed by atoms with Crippen molar-refractivity contribution in [3.63, 3.8) is 0 Å². The minimum absolute atomic E-state index is 0.270. The first-order valence-corrected chi connectivity index (χ1v) is 5.66. The Hall–Kier alpha value is -1.99. The lowest BCUT2D eigenvalue weighted by molar-refractivity contribution is -0.137. The van der Waals surface area contributed by atoms with Crippen LogP contribution in [0.25, 0.3) is 0 Å². The number of hydrogen-bond acceptors (Lipinski definition) is 3. The molecule has 0 bridgehead atoms. The Morgan fingerprint density at radius 3 is 2.40 bits per heavy atom. The zero-order valence-corrected chi connectivity index (χ0v) is 10.2. The molecule has 2 aromatic rings. The van der Waals surface area contributed by atoms with Crippen molar-refractivity contribution in [1.82, 2.24) is 10.4 Å². The summed E-state index contributed by atoms with van der Waals surface area (Å²) in [4.78, 5) is 3.74. The molecule has 0 radical (unpaired) electrons. The van der Waals surface area contributed by atoms with Gasteiger partial charge in [-0.2, -0.15) is 13.2 Å². The van der Waals surface area contributed by atoms with E-state index in [4.69, 9.17) is 5.84 Å². The van der Waals surface area contributed by atoms with E-state index in [1.54, 1.807) is 6.07 Å². The van der Waals surface area contributed by atoms with Crippen LogP contribution in [0.4, 0.5) is 17.6 Å². The number of benzene rings is 1. The van der Waals surface area contributed by atoms with Crippen molar-refractivity contribution in [2.45, 2.75) is 12.2 Å². The van der Waals surface area contributed by atoms with Crippen LogP contribution in [0.3, 0.4) is 0 Å². The predicted molar refractivity (Wildman–Crippen MR) is 64.8 cm³/mol. The molecule has 3 N–H and O–H groups in total. The lowest BCUT2D eigenvalue weighted by Gasteiger charge is -2.16. The molecule has 1 heterocycles. The van der Waals surface area contributed by atoms with Gasteiger partial charge in [0.2, 0.25) is 0 Å². The number of rotatable bonds is 3. The molecular weight excluding hydrogens is 274 g/mol. The lowest BCUT2D eigenvalue weighted by Crippen LogP contribution is -2.29. The molecule has 0 aliphatic carbocycles. The summed E-state index contributed by atoms with van der Waals surface area (Å²) in [6.07, 6.45) is -3.73. The number of pyridine rings is 1. The highest BCUT2D eigenvalue weighted by molar-refractivity contribution is 5.29. The predicted octanol–water partition coefficient (Wildman–Crippen LogP) is 2.79. The van der Waals surface area contributed by atoms with Crippen molar-refractivity contribution >= 4 is 0 Å². The van der Waals surface area contributed by atoms with Crippen LogP contribution >= 0.6 is 0 Å². The fourth-order valence-corrected chi connectivity index (χ4v) is 1.78. The van der Waals surface area contributed by atoms with E-state index in [-0.39, 0.29) is 5.69 Å². The van der Waals surface area contributed by atoms with Gasteiger partial charge in [0.15, 0.2) is 0 Å². The van der Waals surface area contributed by atoms with Gasteiger partial charge in [0, 0.05) is 6.20 Å². The number of hydrazine groups is 1. The molecule has 1 aromatic carbocycles. The van der Waals surface area contributed by atoms with E-state index < -0.39 is 23.6 Å². The first-order chi connectivity index (χ1) is 9.41. The Balaban J connectivity index is 2.33. The van der Waals surface area contributed by atoms with Gasteiger partial charge in [-0.1, -0.05) is 12.1 Å². The highest BCUT2D eigenvalue weighted by Gasteiger charge is 2.31. The molecule has 20 heavy (non-hydrogen) atoms. The van der Waals surface area contributed by atoms with E-state index in [2.05, 4.69) is 10.4 Å². The molecule has 0 aliphatic heterocycles. The summed E-state index contributed by atoms with van der Waals surface area (Å²) in [5.41, 5.74) is 2.30. The van der Waals surface area contributed by atoms with Crippen molar-refractivity contribution < 1.29 is 17.6 Å². The van der Waals surface area contributed by atoms with Gasteiger partial charge in [-0.25, -0.2) is 9.82 Å². The summed E-state index contributed by atoms with van der Waals surface area (Å²) >= 11 is 0. The largest absolute Gasteiger partial charge is 0.417 e. The molecule has 0 spiro atoms. The molecule has 106 valence electrons. The molecule has 0 fully saturated rings. The number of halogens is 4. The van der Waals surface area contributed by atoms with E-state index in [1.807, 2.05) is 0 Å². The Labute approximate surface area is 112 Å². The minimum Gasteiger partial charge on any atom is -0.271 e. The third kappa shape index (κ3) is 3.12. The molecule has 0 saturated carbocycles. The van der Waals surface area contributed by atoms with Gasteiger partial charge < -0.3 is 0 Å². The standard InChI is InChI=1S/C13H11F4N3/c14-10-3-1-2-8(6-10)12(20-18)11-5-4-9(7-19-11)13(15,16)17/h1-7,12,20H,18H2. The molecule has 2 rings (SSSR count). The molecular formula is C13H11F4N3. The van der Waals surface area contributed by atoms with Crippen LogP contribution in [0.1, 0.15) is 22.9 Å². The minimum atomic E-state index is -4.45. The van der Waals surface area contributed by atoms with Crippen molar-refractivity contribution in [3.8, 4) is 0 Å². The Morgan fingerprint density at radius 1 is 1.15 bits per heavy atom. The first kappa shape index (κ1) is 14.4. The smallest absolute Gasteiger partial charge is 0.271 e. The average Bonchev–Trinajstić information content (AvgIpc) is 2.39. The molecule has 3 nitrogen and oxygen atoms in total. The zero-order chi connectivity index (χ0) is 14.8. The van der Waals surface area contributed by atoms with Crippen LogP contribution in [0.2, 0.25) is 0 Å². The highest BCUT2D eigenvalue weighted by Crippen LogP contribution is 2.29. The van der Waals surface area contributed by atoms with Gasteiger partial charge in [-0.3, -0.25) is 10.8 Å². The maximum absolute atomic E-state index is 13.2. The van der Waals surface area contributed by atoms with E-state index in [0.29, 0.717) is 5.56 Å². The third-order valence-electron chi connectivity index (χ3n) is 2.76. The van der Waals surface area contributed by atoms with Crippen LogP contribution in [0.5, 0.6) is 0 Å². The molecule has 0 amide bonds. The monoisotopic (exact) mass is 285 g/mol. The van der Waals surface area contributed by atoms with Crippen molar-refractivity contribution in [1.29, 1.82) is 0 Å². The molecule has 7 heteroatoms. The quantitative estimate of drug-likeness (QED) is 0.518. The third-order valence-corrected chi connectivity index (χ3v) is 2.76. The molecule has 0 aliphatic rings. The summed E-state index contributed by atoms with van der Waals surface area (Å²) in [5.74, 6) is 4.91. The Morgan fingerprint density at radius 2 is 1.90 bits per heavy atom. The zero-order valence-electron chi connectivity index (χ0n) is 10.2. The van der Waals surface area contributed by atoms with E-state index in [9.17, 15) is 17.6 Å². The van der Waals surface area contributed by atoms with E-state index in [0.717, 1.165) is 12.3 Å². The molecule has 1 aromatic heterocycles. The number of alkyl halides is 3. The molecule has 1 unspecified atom stereocenters. The lowest BCUT2D eigenvalue weighted by atomic mass is 10.0. The maximum atomic E-state index is 13.2. The average molecular weight is 285 g/mol. The van der Waals surface area contributed by atoms with Crippen LogP contribution in [0, 0.1) is 5.82 Å². The van der Waals surface area contributed by atoms with Crippen LogP contribution in [-0.2, 0) is 6.18 Å². The summed E-state index contributed by atoms with van der Waals surface area (Å²) in [7, 11) is 0.